The van der Waals surface area contributed by atoms with Crippen molar-refractivity contribution in [3.63, 3.8) is 0 Å². The number of hydrogen-bond acceptors (Lipinski definition) is 4. The summed E-state index contributed by atoms with van der Waals surface area (Å²) in [6.45, 7) is 1.50. The minimum Gasteiger partial charge on any atom is -0.539 e. The molecule has 1 heterocycles. The fraction of sp³-hybridized carbons (Fsp3) is 0.0625. The maximum absolute atomic E-state index is 11.9. The summed E-state index contributed by atoms with van der Waals surface area (Å²) in [5.74, 6) is -0.542. The highest BCUT2D eigenvalue weighted by atomic mass is 16.6. The summed E-state index contributed by atoms with van der Waals surface area (Å²) in [7, 11) is 0. The van der Waals surface area contributed by atoms with E-state index in [1.54, 1.807) is 24.3 Å². The predicted octanol–water partition coefficient (Wildman–Crippen LogP) is 1.89. The SMILES string of the molecule is CC(=O)c1ccc(-c2c([O-])on[n+]2-c2ccccc2)cc1. The molecule has 5 heteroatoms. The van der Waals surface area contributed by atoms with Crippen LogP contribution in [-0.4, -0.2) is 11.1 Å². The first-order valence-electron chi connectivity index (χ1n) is 6.42. The number of para-hydroxylation sites is 1. The van der Waals surface area contributed by atoms with E-state index in [4.69, 9.17) is 4.52 Å². The molecule has 0 spiro atoms. The van der Waals surface area contributed by atoms with Gasteiger partial charge in [0.1, 0.15) is 0 Å². The van der Waals surface area contributed by atoms with Crippen LogP contribution in [0.3, 0.4) is 0 Å². The van der Waals surface area contributed by atoms with Crippen molar-refractivity contribution in [3.8, 4) is 22.9 Å². The van der Waals surface area contributed by atoms with Crippen molar-refractivity contribution in [2.75, 3.05) is 0 Å². The Labute approximate surface area is 121 Å². The van der Waals surface area contributed by atoms with Crippen LogP contribution in [0.2, 0.25) is 0 Å². The third-order valence-electron chi connectivity index (χ3n) is 3.18. The number of hydrogen-bond donors (Lipinski definition) is 0. The number of rotatable bonds is 3. The molecule has 0 aliphatic rings. The molecular formula is C16H12N2O3. The lowest BCUT2D eigenvalue weighted by Gasteiger charge is -2.00. The Morgan fingerprint density at radius 3 is 2.38 bits per heavy atom. The molecule has 5 nitrogen and oxygen atoms in total. The van der Waals surface area contributed by atoms with Gasteiger partial charge in [0.05, 0.1) is 10.8 Å². The molecule has 2 aromatic carbocycles. The molecule has 0 amide bonds. The smallest absolute Gasteiger partial charge is 0.270 e. The number of carbonyl (C=O) groups excluding carboxylic acids is 1. The molecule has 0 saturated carbocycles. The maximum Gasteiger partial charge on any atom is 0.270 e. The molecule has 21 heavy (non-hydrogen) atoms. The topological polar surface area (TPSA) is 70.0 Å². The van der Waals surface area contributed by atoms with Crippen molar-refractivity contribution in [3.05, 3.63) is 60.2 Å². The molecule has 0 N–H and O–H groups in total. The minimum absolute atomic E-state index is 0.0230. The zero-order chi connectivity index (χ0) is 14.8. The molecule has 0 radical (unpaired) electrons. The van der Waals surface area contributed by atoms with E-state index in [1.807, 2.05) is 30.3 Å². The van der Waals surface area contributed by atoms with E-state index >= 15 is 0 Å². The van der Waals surface area contributed by atoms with Crippen molar-refractivity contribution in [2.45, 2.75) is 6.92 Å². The molecule has 0 aliphatic heterocycles. The van der Waals surface area contributed by atoms with E-state index in [0.717, 1.165) is 5.69 Å². The highest BCUT2D eigenvalue weighted by Gasteiger charge is 2.21. The van der Waals surface area contributed by atoms with Crippen LogP contribution in [0, 0.1) is 0 Å². The summed E-state index contributed by atoms with van der Waals surface area (Å²) in [6, 6.07) is 16.0. The van der Waals surface area contributed by atoms with Gasteiger partial charge in [0.2, 0.25) is 5.69 Å². The van der Waals surface area contributed by atoms with Crippen LogP contribution in [0.25, 0.3) is 16.9 Å². The van der Waals surface area contributed by atoms with Gasteiger partial charge in [-0.25, -0.2) is 0 Å². The van der Waals surface area contributed by atoms with Crippen LogP contribution in [0.5, 0.6) is 5.95 Å². The number of aromatic nitrogens is 2. The zero-order valence-electron chi connectivity index (χ0n) is 11.3. The molecule has 0 saturated heterocycles. The number of ketones is 1. The average molecular weight is 280 g/mol. The van der Waals surface area contributed by atoms with Gasteiger partial charge < -0.3 is 9.63 Å². The second-order valence-corrected chi connectivity index (χ2v) is 4.59. The Balaban J connectivity index is 2.10. The third kappa shape index (κ3) is 2.41. The Morgan fingerprint density at radius 1 is 1.10 bits per heavy atom. The fourth-order valence-corrected chi connectivity index (χ4v) is 2.10. The first-order chi connectivity index (χ1) is 10.2. The lowest BCUT2D eigenvalue weighted by Crippen LogP contribution is -2.34. The zero-order valence-corrected chi connectivity index (χ0v) is 11.3. The summed E-state index contributed by atoms with van der Waals surface area (Å²) in [5, 5.41) is 15.7. The Morgan fingerprint density at radius 2 is 1.76 bits per heavy atom. The van der Waals surface area contributed by atoms with Crippen LogP contribution >= 0.6 is 0 Å². The monoisotopic (exact) mass is 280 g/mol. The van der Waals surface area contributed by atoms with E-state index in [9.17, 15) is 9.90 Å². The largest absolute Gasteiger partial charge is 0.539 e. The highest BCUT2D eigenvalue weighted by molar-refractivity contribution is 5.94. The van der Waals surface area contributed by atoms with E-state index in [-0.39, 0.29) is 5.78 Å². The molecule has 0 fully saturated rings. The van der Waals surface area contributed by atoms with Gasteiger partial charge in [-0.3, -0.25) is 4.79 Å². The number of carbonyl (C=O) groups is 1. The lowest BCUT2D eigenvalue weighted by molar-refractivity contribution is -0.660. The van der Waals surface area contributed by atoms with E-state index in [0.29, 0.717) is 16.8 Å². The van der Waals surface area contributed by atoms with Crippen molar-refractivity contribution in [2.24, 2.45) is 0 Å². The van der Waals surface area contributed by atoms with E-state index < -0.39 is 5.95 Å². The molecule has 104 valence electrons. The van der Waals surface area contributed by atoms with Crippen molar-refractivity contribution in [1.82, 2.24) is 5.27 Å². The number of Topliss-reactive ketones (excluding diaryl/α,β-unsaturated/α-hetero) is 1. The van der Waals surface area contributed by atoms with Gasteiger partial charge in [-0.1, -0.05) is 30.3 Å². The summed E-state index contributed by atoms with van der Waals surface area (Å²) in [6.07, 6.45) is 0. The summed E-state index contributed by atoms with van der Waals surface area (Å²) >= 11 is 0. The van der Waals surface area contributed by atoms with Crippen LogP contribution < -0.4 is 9.79 Å². The Hall–Kier alpha value is -2.95. The van der Waals surface area contributed by atoms with E-state index in [1.165, 1.54) is 11.6 Å². The maximum atomic E-state index is 11.9. The predicted molar refractivity (Wildman–Crippen MR) is 72.9 cm³/mol. The standard InChI is InChI=1S/C16H12N2O3/c1-11(19)12-7-9-13(10-8-12)15-16(20)21-17-18(15)14-5-3-2-4-6-14/h2-10H,1H3. The molecule has 0 unspecified atom stereocenters. The first-order valence-corrected chi connectivity index (χ1v) is 6.42. The van der Waals surface area contributed by atoms with Gasteiger partial charge in [0, 0.05) is 17.7 Å². The second kappa shape index (κ2) is 5.20. The van der Waals surface area contributed by atoms with Crippen LogP contribution in [0.4, 0.5) is 0 Å². The summed E-state index contributed by atoms with van der Waals surface area (Å²) in [5.41, 5.74) is 2.30. The van der Waals surface area contributed by atoms with E-state index in [2.05, 4.69) is 5.27 Å². The minimum atomic E-state index is -0.519. The van der Waals surface area contributed by atoms with Gasteiger partial charge in [0.25, 0.3) is 5.69 Å². The third-order valence-corrected chi connectivity index (χ3v) is 3.18. The molecule has 1 aromatic heterocycles. The quantitative estimate of drug-likeness (QED) is 0.542. The number of nitrogens with zero attached hydrogens (tertiary/aromatic N) is 2. The second-order valence-electron chi connectivity index (χ2n) is 4.59. The summed E-state index contributed by atoms with van der Waals surface area (Å²) < 4.78 is 6.22. The molecular weight excluding hydrogens is 268 g/mol. The van der Waals surface area contributed by atoms with Gasteiger partial charge in [-0.2, -0.15) is 0 Å². The Kier molecular flexibility index (Phi) is 3.23. The molecule has 0 atom stereocenters. The Bertz CT molecular complexity index is 777. The molecule has 0 aliphatic carbocycles. The molecule has 0 bridgehead atoms. The van der Waals surface area contributed by atoms with Crippen molar-refractivity contribution < 1.29 is 19.1 Å². The molecule has 3 aromatic rings. The van der Waals surface area contributed by atoms with Crippen molar-refractivity contribution in [1.29, 1.82) is 0 Å². The van der Waals surface area contributed by atoms with Gasteiger partial charge in [-0.05, 0) is 23.7 Å². The summed E-state index contributed by atoms with van der Waals surface area (Å²) in [4.78, 5) is 11.3. The average Bonchev–Trinajstić information content (AvgIpc) is 2.90. The van der Waals surface area contributed by atoms with Crippen LogP contribution in [0.1, 0.15) is 17.3 Å². The first kappa shape index (κ1) is 13.1. The molecule has 3 rings (SSSR count). The fourth-order valence-electron chi connectivity index (χ4n) is 2.10. The lowest BCUT2D eigenvalue weighted by atomic mass is 10.1. The number of benzene rings is 2. The highest BCUT2D eigenvalue weighted by Crippen LogP contribution is 2.24. The van der Waals surface area contributed by atoms with Gasteiger partial charge in [0.15, 0.2) is 11.7 Å². The normalized spacial score (nSPS) is 10.5. The van der Waals surface area contributed by atoms with Crippen LogP contribution in [-0.2, 0) is 0 Å². The van der Waals surface area contributed by atoms with Gasteiger partial charge >= 0.3 is 0 Å². The van der Waals surface area contributed by atoms with Crippen molar-refractivity contribution >= 4 is 5.78 Å². The van der Waals surface area contributed by atoms with Crippen LogP contribution in [0.15, 0.2) is 59.1 Å². The van der Waals surface area contributed by atoms with Gasteiger partial charge in [-0.15, -0.1) is 0 Å².